The molecule has 0 radical (unpaired) electrons. The average molecular weight is 1850 g/mol. The number of furan rings is 6. The lowest BCUT2D eigenvalue weighted by Gasteiger charge is -2.29. The summed E-state index contributed by atoms with van der Waals surface area (Å²) in [4.78, 5) is 7.06. The van der Waals surface area contributed by atoms with Crippen molar-refractivity contribution in [3.8, 4) is 11.1 Å². The van der Waals surface area contributed by atoms with Gasteiger partial charge in [-0.05, 0) is 175 Å². The summed E-state index contributed by atoms with van der Waals surface area (Å²) in [5.74, 6) is 0. The largest absolute Gasteiger partial charge is 0.456 e. The molecular formula is C134H101N3O6. The van der Waals surface area contributed by atoms with Crippen LogP contribution in [-0.4, -0.2) is 0 Å². The predicted octanol–water partition coefficient (Wildman–Crippen LogP) is 40.0. The molecule has 28 rings (SSSR count). The number of para-hydroxylation sites is 4. The van der Waals surface area contributed by atoms with Gasteiger partial charge in [0, 0.05) is 168 Å². The van der Waals surface area contributed by atoms with Gasteiger partial charge in [0.2, 0.25) is 0 Å². The fourth-order valence-electron chi connectivity index (χ4n) is 22.5. The Kier molecular flexibility index (Phi) is 19.9. The third-order valence-corrected chi connectivity index (χ3v) is 29.2. The minimum Gasteiger partial charge on any atom is -0.456 e. The maximum Gasteiger partial charge on any atom is 0.139 e. The lowest BCUT2D eigenvalue weighted by molar-refractivity contribution is 0.572. The minimum atomic E-state index is -0.0525. The molecule has 28 aromatic rings. The lowest BCUT2D eigenvalue weighted by Crippen LogP contribution is -2.11. The SMILES string of the molecule is CC(C)(C)c1cccc2c1oc1cc(N(c3ccccc3-c3ccccc3)c3cc4oc5ccc6ccccc6c5c4c4ccccc34)ccc12.Cc1ccc(N(c2ccc3c(c2)oc2c(C(C)(C)C)cccc23)c2cc3oc4ccc5ccccc5c4c3c3ccccc23)cc1.Cc1cccc(N(c2ccc3c(c2)oc2c(C(C)(C)C)cccc23)c2cc3oc4ccc5ccccc5c4c3c3ccccc23)c1. The molecule has 0 unspecified atom stereocenters. The molecule has 0 atom stereocenters. The molecule has 6 heterocycles. The van der Waals surface area contributed by atoms with Crippen molar-refractivity contribution in [2.75, 3.05) is 14.7 Å². The van der Waals surface area contributed by atoms with Crippen LogP contribution in [0.15, 0.2) is 439 Å². The molecule has 0 saturated carbocycles. The standard InChI is InChI=1S/C48H35NO2.2C43H33NO2/c1-48(2,3)39-22-13-21-38-36-26-25-32(28-43(36)51-47(38)39)49(40-23-12-11-17-33(40)30-14-5-4-6-15-30)41-29-44-46(37-20-10-9-19-35(37)41)45-34-18-8-7-16-31(34)24-27-42(45)50-44;1-26-11-9-13-28(23-26)44(29-20-21-32-34-17-10-18-35(43(2,3)4)42(34)46-38(32)24-29)36-25-39-41(33-16-8-7-15-31(33)36)40-30-14-6-5-12-27(30)19-22-37(40)45-39;1-26-16-19-28(20-17-26)44(29-21-22-32-34-14-9-15-35(43(2,3)4)42(34)46-38(32)24-29)36-25-39-41(33-13-8-7-12-31(33)36)40-30-11-6-5-10-27(30)18-23-37(40)45-39/h4-29H,1-3H3;2*5-25H,1-4H3. The van der Waals surface area contributed by atoms with Crippen molar-refractivity contribution in [3.05, 3.63) is 440 Å². The molecule has 0 N–H and O–H groups in total. The summed E-state index contributed by atoms with van der Waals surface area (Å²) in [6.07, 6.45) is 0. The first-order valence-corrected chi connectivity index (χ1v) is 49.5. The average Bonchev–Trinajstić information content (AvgIpc) is 1.60. The van der Waals surface area contributed by atoms with Crippen LogP contribution < -0.4 is 14.7 Å². The monoisotopic (exact) mass is 1850 g/mol. The Hall–Kier alpha value is -17.4. The number of nitrogens with zero attached hydrogens (tertiary/aromatic N) is 3. The van der Waals surface area contributed by atoms with E-state index in [1.165, 1.54) is 70.9 Å². The van der Waals surface area contributed by atoms with Crippen LogP contribution in [0, 0.1) is 13.8 Å². The van der Waals surface area contributed by atoms with Gasteiger partial charge in [-0.1, -0.05) is 359 Å². The topological polar surface area (TPSA) is 88.6 Å². The second-order valence-corrected chi connectivity index (χ2v) is 41.4. The molecule has 9 nitrogen and oxygen atoms in total. The molecule has 0 amide bonds. The fourth-order valence-corrected chi connectivity index (χ4v) is 22.5. The van der Waals surface area contributed by atoms with Crippen LogP contribution in [0.25, 0.3) is 207 Å². The Morgan fingerprint density at radius 3 is 0.874 bits per heavy atom. The van der Waals surface area contributed by atoms with Crippen molar-refractivity contribution in [1.82, 2.24) is 0 Å². The summed E-state index contributed by atoms with van der Waals surface area (Å²) >= 11 is 0. The Morgan fingerprint density at radius 2 is 0.483 bits per heavy atom. The van der Waals surface area contributed by atoms with Gasteiger partial charge >= 0.3 is 0 Å². The zero-order chi connectivity index (χ0) is 96.6. The van der Waals surface area contributed by atoms with Crippen LogP contribution in [0.4, 0.5) is 51.2 Å². The van der Waals surface area contributed by atoms with Gasteiger partial charge in [-0.15, -0.1) is 0 Å². The molecule has 22 aromatic carbocycles. The molecule has 143 heavy (non-hydrogen) atoms. The Bertz CT molecular complexity index is 10100. The summed E-state index contributed by atoms with van der Waals surface area (Å²) in [6, 6.07) is 147. The third-order valence-electron chi connectivity index (χ3n) is 29.2. The zero-order valence-corrected chi connectivity index (χ0v) is 81.6. The van der Waals surface area contributed by atoms with E-state index < -0.39 is 0 Å². The van der Waals surface area contributed by atoms with E-state index >= 15 is 0 Å². The summed E-state index contributed by atoms with van der Waals surface area (Å²) in [5.41, 5.74) is 28.4. The molecule has 9 heteroatoms. The normalized spacial score (nSPS) is 12.3. The molecule has 0 aliphatic carbocycles. The van der Waals surface area contributed by atoms with Gasteiger partial charge in [0.05, 0.1) is 22.7 Å². The summed E-state index contributed by atoms with van der Waals surface area (Å²) in [6.45, 7) is 24.4. The highest BCUT2D eigenvalue weighted by molar-refractivity contribution is 6.32. The Labute approximate surface area is 826 Å². The van der Waals surface area contributed by atoms with Crippen molar-refractivity contribution in [2.24, 2.45) is 0 Å². The second kappa shape index (κ2) is 33.2. The van der Waals surface area contributed by atoms with Gasteiger partial charge in [-0.3, -0.25) is 0 Å². The van der Waals surface area contributed by atoms with Crippen LogP contribution in [0.2, 0.25) is 0 Å². The summed E-state index contributed by atoms with van der Waals surface area (Å²) in [5, 5.41) is 27.9. The highest BCUT2D eigenvalue weighted by Gasteiger charge is 2.32. The van der Waals surface area contributed by atoms with Crippen LogP contribution in [0.5, 0.6) is 0 Å². The second-order valence-electron chi connectivity index (χ2n) is 41.4. The quantitative estimate of drug-likeness (QED) is 0.133. The highest BCUT2D eigenvalue weighted by atomic mass is 16.3. The molecule has 0 fully saturated rings. The van der Waals surface area contributed by atoms with Gasteiger partial charge in [0.1, 0.15) is 67.0 Å². The maximum absolute atomic E-state index is 6.78. The smallest absolute Gasteiger partial charge is 0.139 e. The van der Waals surface area contributed by atoms with Crippen LogP contribution in [0.1, 0.15) is 90.1 Å². The molecule has 0 aliphatic heterocycles. The van der Waals surface area contributed by atoms with E-state index in [9.17, 15) is 0 Å². The number of benzene rings is 22. The lowest BCUT2D eigenvalue weighted by atomic mass is 9.86. The van der Waals surface area contributed by atoms with E-state index in [2.05, 4.69) is 503 Å². The van der Waals surface area contributed by atoms with Gasteiger partial charge in [0.25, 0.3) is 0 Å². The van der Waals surface area contributed by atoms with Crippen LogP contribution in [0.3, 0.4) is 0 Å². The zero-order valence-electron chi connectivity index (χ0n) is 81.6. The number of aryl methyl sites for hydroxylation is 2. The first-order valence-electron chi connectivity index (χ1n) is 49.5. The molecule has 0 spiro atoms. The van der Waals surface area contributed by atoms with Gasteiger partial charge in [-0.25, -0.2) is 0 Å². The first kappa shape index (κ1) is 86.0. The number of anilines is 9. The third kappa shape index (κ3) is 14.3. The van der Waals surface area contributed by atoms with Crippen molar-refractivity contribution in [3.63, 3.8) is 0 Å². The van der Waals surface area contributed by atoms with Crippen LogP contribution in [-0.2, 0) is 16.2 Å². The molecule has 0 aliphatic rings. The molecule has 688 valence electrons. The number of fused-ring (bicyclic) bond motifs is 30. The van der Waals surface area contributed by atoms with E-state index in [0.717, 1.165) is 215 Å². The van der Waals surface area contributed by atoms with Crippen molar-refractivity contribution in [1.29, 1.82) is 0 Å². The van der Waals surface area contributed by atoms with E-state index in [1.54, 1.807) is 0 Å². The van der Waals surface area contributed by atoms with E-state index in [-0.39, 0.29) is 16.2 Å². The Morgan fingerprint density at radius 1 is 0.175 bits per heavy atom. The number of hydrogen-bond acceptors (Lipinski definition) is 9. The molecule has 6 aromatic heterocycles. The van der Waals surface area contributed by atoms with Gasteiger partial charge in [0.15, 0.2) is 0 Å². The summed E-state index contributed by atoms with van der Waals surface area (Å²) < 4.78 is 40.2. The Balaban J connectivity index is 0.000000110. The predicted molar refractivity (Wildman–Crippen MR) is 603 cm³/mol. The first-order chi connectivity index (χ1) is 69.6. The van der Waals surface area contributed by atoms with E-state index in [1.807, 2.05) is 0 Å². The van der Waals surface area contributed by atoms with Gasteiger partial charge in [-0.2, -0.15) is 0 Å². The highest BCUT2D eigenvalue weighted by Crippen LogP contribution is 2.55. The van der Waals surface area contributed by atoms with Crippen LogP contribution >= 0.6 is 0 Å². The molecule has 0 bridgehead atoms. The van der Waals surface area contributed by atoms with Crippen molar-refractivity contribution in [2.45, 2.75) is 92.4 Å². The van der Waals surface area contributed by atoms with Crippen molar-refractivity contribution >= 4 is 247 Å². The fraction of sp³-hybridized carbons (Fsp3) is 0.104. The molecular weight excluding hydrogens is 1750 g/mol. The molecule has 0 saturated heterocycles. The number of rotatable bonds is 10. The summed E-state index contributed by atoms with van der Waals surface area (Å²) in [7, 11) is 0. The van der Waals surface area contributed by atoms with E-state index in [4.69, 9.17) is 26.5 Å². The van der Waals surface area contributed by atoms with E-state index in [0.29, 0.717) is 0 Å². The number of hydrogen-bond donors (Lipinski definition) is 0. The minimum absolute atomic E-state index is 0.0314. The van der Waals surface area contributed by atoms with Crippen molar-refractivity contribution < 1.29 is 26.5 Å². The maximum atomic E-state index is 6.78. The van der Waals surface area contributed by atoms with Gasteiger partial charge < -0.3 is 41.2 Å².